The number of thiophene rings is 1. The molecule has 1 heterocycles. The summed E-state index contributed by atoms with van der Waals surface area (Å²) in [7, 11) is 2.00. The highest BCUT2D eigenvalue weighted by atomic mass is 32.1. The second kappa shape index (κ2) is 6.17. The Morgan fingerprint density at radius 1 is 1.32 bits per heavy atom. The predicted octanol–water partition coefficient (Wildman–Crippen LogP) is 3.53. The van der Waals surface area contributed by atoms with Crippen molar-refractivity contribution in [2.75, 3.05) is 12.8 Å². The first-order chi connectivity index (χ1) is 9.08. The third-order valence-electron chi connectivity index (χ3n) is 3.39. The minimum absolute atomic E-state index is 0.227. The van der Waals surface area contributed by atoms with Crippen LogP contribution < -0.4 is 5.73 Å². The van der Waals surface area contributed by atoms with Gasteiger partial charge in [0.1, 0.15) is 5.82 Å². The lowest BCUT2D eigenvalue weighted by molar-refractivity contribution is 0.246. The number of nitrogen functional groups attached to an aromatic ring is 1. The number of nitrogens with two attached hydrogens (primary N) is 1. The molecule has 0 amide bonds. The maximum absolute atomic E-state index is 13.7. The van der Waals surface area contributed by atoms with E-state index in [1.165, 1.54) is 10.9 Å². The van der Waals surface area contributed by atoms with E-state index in [2.05, 4.69) is 29.3 Å². The summed E-state index contributed by atoms with van der Waals surface area (Å²) in [5, 5.41) is 2.08. The van der Waals surface area contributed by atoms with Gasteiger partial charge in [-0.15, -0.1) is 11.3 Å². The minimum Gasteiger partial charge on any atom is -0.398 e. The Morgan fingerprint density at radius 2 is 2.11 bits per heavy atom. The topological polar surface area (TPSA) is 29.3 Å². The summed E-state index contributed by atoms with van der Waals surface area (Å²) in [5.74, 6) is -0.227. The van der Waals surface area contributed by atoms with Crippen LogP contribution in [0.3, 0.4) is 0 Å². The lowest BCUT2D eigenvalue weighted by Crippen LogP contribution is -2.30. The number of hydrogen-bond acceptors (Lipinski definition) is 3. The number of nitrogens with zero attached hydrogens (tertiary/aromatic N) is 1. The summed E-state index contributed by atoms with van der Waals surface area (Å²) < 4.78 is 13.7. The summed E-state index contributed by atoms with van der Waals surface area (Å²) in [6, 6.07) is 9.38. The van der Waals surface area contributed by atoms with Crippen molar-refractivity contribution in [3.8, 4) is 0 Å². The van der Waals surface area contributed by atoms with E-state index in [-0.39, 0.29) is 5.82 Å². The maximum atomic E-state index is 13.7. The van der Waals surface area contributed by atoms with Gasteiger partial charge in [0.2, 0.25) is 0 Å². The number of benzene rings is 1. The highest BCUT2D eigenvalue weighted by Crippen LogP contribution is 2.20. The molecule has 4 heteroatoms. The Bertz CT molecular complexity index is 505. The molecule has 0 spiro atoms. The van der Waals surface area contributed by atoms with Gasteiger partial charge in [0, 0.05) is 28.7 Å². The highest BCUT2D eigenvalue weighted by Gasteiger charge is 2.14. The molecule has 0 radical (unpaired) electrons. The zero-order valence-electron chi connectivity index (χ0n) is 11.3. The van der Waals surface area contributed by atoms with Crippen LogP contribution in [0.15, 0.2) is 35.7 Å². The number of hydrogen-bond donors (Lipinski definition) is 1. The third kappa shape index (κ3) is 3.55. The van der Waals surface area contributed by atoms with E-state index in [0.29, 0.717) is 23.8 Å². The first kappa shape index (κ1) is 14.0. The molecule has 102 valence electrons. The van der Waals surface area contributed by atoms with Gasteiger partial charge in [0.05, 0.1) is 0 Å². The van der Waals surface area contributed by atoms with Crippen LogP contribution in [0.5, 0.6) is 0 Å². The van der Waals surface area contributed by atoms with Crippen LogP contribution in [0.25, 0.3) is 0 Å². The van der Waals surface area contributed by atoms with Gasteiger partial charge < -0.3 is 5.73 Å². The number of likely N-dealkylation sites (N-methyl/N-ethyl adjacent to an activating group) is 1. The summed E-state index contributed by atoms with van der Waals surface area (Å²) in [6.07, 6.45) is 0.975. The molecule has 1 atom stereocenters. The molecule has 2 nitrogen and oxygen atoms in total. The zero-order valence-corrected chi connectivity index (χ0v) is 12.1. The van der Waals surface area contributed by atoms with Gasteiger partial charge in [-0.25, -0.2) is 4.39 Å². The van der Waals surface area contributed by atoms with Crippen molar-refractivity contribution < 1.29 is 4.39 Å². The first-order valence-electron chi connectivity index (χ1n) is 6.33. The lowest BCUT2D eigenvalue weighted by atomic mass is 10.1. The zero-order chi connectivity index (χ0) is 13.8. The van der Waals surface area contributed by atoms with Gasteiger partial charge in [-0.2, -0.15) is 0 Å². The Kier molecular flexibility index (Phi) is 4.56. The average molecular weight is 278 g/mol. The Labute approximate surface area is 117 Å². The van der Waals surface area contributed by atoms with Crippen molar-refractivity contribution in [3.05, 3.63) is 52.0 Å². The molecule has 1 aromatic carbocycles. The second-order valence-corrected chi connectivity index (χ2v) is 5.89. The monoisotopic (exact) mass is 278 g/mol. The van der Waals surface area contributed by atoms with E-state index >= 15 is 0 Å². The number of halogens is 1. The van der Waals surface area contributed by atoms with Gasteiger partial charge in [-0.05, 0) is 44.0 Å². The van der Waals surface area contributed by atoms with E-state index in [0.717, 1.165) is 6.42 Å². The van der Waals surface area contributed by atoms with Crippen molar-refractivity contribution in [1.82, 2.24) is 4.90 Å². The van der Waals surface area contributed by atoms with Crippen LogP contribution >= 0.6 is 11.3 Å². The molecule has 0 saturated carbocycles. The normalized spacial score (nSPS) is 12.8. The molecule has 0 aliphatic rings. The van der Waals surface area contributed by atoms with Crippen molar-refractivity contribution in [3.63, 3.8) is 0 Å². The molecule has 19 heavy (non-hydrogen) atoms. The van der Waals surface area contributed by atoms with Crippen LogP contribution in [-0.4, -0.2) is 18.0 Å². The minimum atomic E-state index is -0.227. The van der Waals surface area contributed by atoms with Crippen LogP contribution in [0.4, 0.5) is 10.1 Å². The third-order valence-corrected chi connectivity index (χ3v) is 4.29. The number of anilines is 1. The van der Waals surface area contributed by atoms with E-state index in [4.69, 9.17) is 5.73 Å². The van der Waals surface area contributed by atoms with Gasteiger partial charge in [-0.1, -0.05) is 12.1 Å². The predicted molar refractivity (Wildman–Crippen MR) is 79.8 cm³/mol. The summed E-state index contributed by atoms with van der Waals surface area (Å²) in [6.45, 7) is 2.68. The van der Waals surface area contributed by atoms with Crippen molar-refractivity contribution >= 4 is 17.0 Å². The van der Waals surface area contributed by atoms with Crippen LogP contribution in [0.2, 0.25) is 0 Å². The second-order valence-electron chi connectivity index (χ2n) is 4.86. The molecule has 0 saturated heterocycles. The van der Waals surface area contributed by atoms with Crippen LogP contribution in [-0.2, 0) is 13.0 Å². The van der Waals surface area contributed by atoms with E-state index in [1.54, 1.807) is 23.5 Å². The SMILES string of the molecule is CC(Cc1cccs1)N(C)Cc1c(N)cccc1F. The first-order valence-corrected chi connectivity index (χ1v) is 7.21. The van der Waals surface area contributed by atoms with Crippen molar-refractivity contribution in [2.45, 2.75) is 25.9 Å². The molecule has 1 aromatic heterocycles. The molecule has 0 fully saturated rings. The quantitative estimate of drug-likeness (QED) is 0.848. The number of rotatable bonds is 5. The molecule has 0 aliphatic heterocycles. The molecule has 0 bridgehead atoms. The molecule has 1 unspecified atom stereocenters. The summed E-state index contributed by atoms with van der Waals surface area (Å²) in [5.41, 5.74) is 6.95. The molecular formula is C15H19FN2S. The van der Waals surface area contributed by atoms with Crippen LogP contribution in [0.1, 0.15) is 17.4 Å². The highest BCUT2D eigenvalue weighted by molar-refractivity contribution is 7.09. The van der Waals surface area contributed by atoms with Crippen molar-refractivity contribution in [1.29, 1.82) is 0 Å². The summed E-state index contributed by atoms with van der Waals surface area (Å²) in [4.78, 5) is 3.48. The van der Waals surface area contributed by atoms with Gasteiger partial charge in [0.25, 0.3) is 0 Å². The molecule has 0 aliphatic carbocycles. The van der Waals surface area contributed by atoms with E-state index in [1.807, 2.05) is 7.05 Å². The fourth-order valence-electron chi connectivity index (χ4n) is 2.02. The fourth-order valence-corrected chi connectivity index (χ4v) is 2.85. The molecular weight excluding hydrogens is 259 g/mol. The summed E-state index contributed by atoms with van der Waals surface area (Å²) >= 11 is 1.76. The van der Waals surface area contributed by atoms with E-state index in [9.17, 15) is 4.39 Å². The maximum Gasteiger partial charge on any atom is 0.129 e. The Balaban J connectivity index is 2.02. The van der Waals surface area contributed by atoms with Gasteiger partial charge in [0.15, 0.2) is 0 Å². The fraction of sp³-hybridized carbons (Fsp3) is 0.333. The molecule has 2 N–H and O–H groups in total. The van der Waals surface area contributed by atoms with Gasteiger partial charge in [-0.3, -0.25) is 4.90 Å². The smallest absolute Gasteiger partial charge is 0.129 e. The Morgan fingerprint density at radius 3 is 2.74 bits per heavy atom. The van der Waals surface area contributed by atoms with Gasteiger partial charge >= 0.3 is 0 Å². The lowest BCUT2D eigenvalue weighted by Gasteiger charge is -2.25. The van der Waals surface area contributed by atoms with Crippen LogP contribution in [0, 0.1) is 5.82 Å². The molecule has 2 rings (SSSR count). The Hall–Kier alpha value is -1.39. The standard InChI is InChI=1S/C15H19FN2S/c1-11(9-12-5-4-8-19-12)18(2)10-13-14(16)6-3-7-15(13)17/h3-8,11H,9-10,17H2,1-2H3. The van der Waals surface area contributed by atoms with E-state index < -0.39 is 0 Å². The largest absolute Gasteiger partial charge is 0.398 e. The average Bonchev–Trinajstić information content (AvgIpc) is 2.86. The van der Waals surface area contributed by atoms with Crippen molar-refractivity contribution in [2.24, 2.45) is 0 Å². The molecule has 2 aromatic rings.